The van der Waals surface area contributed by atoms with Gasteiger partial charge < -0.3 is 14.6 Å². The largest absolute Gasteiger partial charge is 0.493 e. The number of ether oxygens (including phenoxy) is 2. The van der Waals surface area contributed by atoms with Gasteiger partial charge in [-0.3, -0.25) is 9.69 Å². The molecule has 1 saturated heterocycles. The number of carboxylic acid groups (broad SMARTS) is 1. The van der Waals surface area contributed by atoms with E-state index in [1.165, 1.54) is 22.7 Å². The summed E-state index contributed by atoms with van der Waals surface area (Å²) in [6, 6.07) is 11.9. The van der Waals surface area contributed by atoms with Crippen LogP contribution in [0.25, 0.3) is 6.08 Å². The maximum absolute atomic E-state index is 12.9. The van der Waals surface area contributed by atoms with Gasteiger partial charge in [0.05, 0.1) is 29.9 Å². The summed E-state index contributed by atoms with van der Waals surface area (Å²) >= 11 is 1.21. The first-order valence-corrected chi connectivity index (χ1v) is 10.2. The molecule has 1 heterocycles. The van der Waals surface area contributed by atoms with E-state index in [9.17, 15) is 14.7 Å². The molecule has 2 aromatic carbocycles. The van der Waals surface area contributed by atoms with Crippen molar-refractivity contribution in [2.75, 3.05) is 20.3 Å². The van der Waals surface area contributed by atoms with Crippen molar-refractivity contribution >= 4 is 40.6 Å². The van der Waals surface area contributed by atoms with E-state index in [4.69, 9.17) is 9.47 Å². The van der Waals surface area contributed by atoms with Gasteiger partial charge in [-0.2, -0.15) is 0 Å². The maximum atomic E-state index is 12.9. The van der Waals surface area contributed by atoms with Crippen molar-refractivity contribution in [3.63, 3.8) is 0 Å². The van der Waals surface area contributed by atoms with Crippen LogP contribution in [0.1, 0.15) is 29.8 Å². The van der Waals surface area contributed by atoms with E-state index in [0.717, 1.165) is 5.56 Å². The molecule has 8 heteroatoms. The third-order valence-electron chi connectivity index (χ3n) is 4.34. The smallest absolute Gasteiger partial charge is 0.337 e. The van der Waals surface area contributed by atoms with Gasteiger partial charge in [0.25, 0.3) is 5.91 Å². The predicted molar refractivity (Wildman–Crippen MR) is 118 cm³/mol. The van der Waals surface area contributed by atoms with Crippen LogP contribution < -0.4 is 9.47 Å². The first kappa shape index (κ1) is 21.4. The minimum Gasteiger partial charge on any atom is -0.493 e. The number of amides is 1. The van der Waals surface area contributed by atoms with E-state index in [1.54, 1.807) is 43.5 Å². The Bertz CT molecular complexity index is 1030. The number of aliphatic imine (C=N–C) groups is 1. The van der Waals surface area contributed by atoms with Gasteiger partial charge in [0.1, 0.15) is 0 Å². The average molecular weight is 426 g/mol. The molecular weight excluding hydrogens is 404 g/mol. The third kappa shape index (κ3) is 4.49. The maximum Gasteiger partial charge on any atom is 0.337 e. The number of amidine groups is 1. The summed E-state index contributed by atoms with van der Waals surface area (Å²) in [4.78, 5) is 30.8. The quantitative estimate of drug-likeness (QED) is 0.660. The van der Waals surface area contributed by atoms with Gasteiger partial charge in [-0.05, 0) is 61.5 Å². The summed E-state index contributed by atoms with van der Waals surface area (Å²) in [6.45, 7) is 4.68. The second-order valence-corrected chi connectivity index (χ2v) is 7.23. The Morgan fingerprint density at radius 2 is 1.97 bits per heavy atom. The Balaban J connectivity index is 1.96. The summed E-state index contributed by atoms with van der Waals surface area (Å²) < 4.78 is 10.9. The zero-order valence-corrected chi connectivity index (χ0v) is 17.7. The molecule has 7 nitrogen and oxygen atoms in total. The number of likely N-dealkylation sites (N-methyl/N-ethyl adjacent to an activating group) is 1. The molecule has 0 aromatic heterocycles. The second kappa shape index (κ2) is 9.49. The van der Waals surface area contributed by atoms with Gasteiger partial charge in [0, 0.05) is 6.54 Å². The molecule has 1 N–H and O–H groups in total. The highest BCUT2D eigenvalue weighted by molar-refractivity contribution is 8.18. The molecule has 1 aliphatic heterocycles. The number of carboxylic acids is 1. The number of carbonyl (C=O) groups is 2. The van der Waals surface area contributed by atoms with Crippen LogP contribution in [-0.2, 0) is 4.79 Å². The van der Waals surface area contributed by atoms with Crippen molar-refractivity contribution in [1.29, 1.82) is 0 Å². The Hall–Kier alpha value is -3.26. The summed E-state index contributed by atoms with van der Waals surface area (Å²) in [6.07, 6.45) is 1.76. The number of hydrogen-bond donors (Lipinski definition) is 1. The molecule has 156 valence electrons. The fraction of sp³-hybridized carbons (Fsp3) is 0.227. The van der Waals surface area contributed by atoms with Crippen LogP contribution in [0.15, 0.2) is 52.4 Å². The monoisotopic (exact) mass is 426 g/mol. The lowest BCUT2D eigenvalue weighted by molar-refractivity contribution is -0.122. The number of thioether (sulfide) groups is 1. The molecule has 0 bridgehead atoms. The Morgan fingerprint density at radius 1 is 1.20 bits per heavy atom. The van der Waals surface area contributed by atoms with Crippen LogP contribution in [0.3, 0.4) is 0 Å². The molecule has 0 spiro atoms. The number of carbonyl (C=O) groups excluding carboxylic acids is 1. The fourth-order valence-electron chi connectivity index (χ4n) is 2.93. The fourth-order valence-corrected chi connectivity index (χ4v) is 3.98. The number of nitrogens with zero attached hydrogens (tertiary/aromatic N) is 2. The lowest BCUT2D eigenvalue weighted by Gasteiger charge is -2.12. The topological polar surface area (TPSA) is 88.4 Å². The van der Waals surface area contributed by atoms with Crippen LogP contribution in [0.4, 0.5) is 5.69 Å². The molecule has 1 fully saturated rings. The Kier molecular flexibility index (Phi) is 6.79. The summed E-state index contributed by atoms with van der Waals surface area (Å²) in [5, 5.41) is 9.83. The lowest BCUT2D eigenvalue weighted by atomic mass is 10.2. The number of methoxy groups -OCH3 is 1. The average Bonchev–Trinajstić information content (AvgIpc) is 3.03. The minimum absolute atomic E-state index is 0.0859. The standard InChI is InChI=1S/C22H22N2O5S/c1-4-24-20(25)19(13-14-10-11-17(29-5-2)18(12-14)28-3)30-22(24)23-16-9-7-6-8-15(16)21(26)27/h6-13H,4-5H2,1-3H3,(H,26,27)/b19-13-,23-22?. The van der Waals surface area contributed by atoms with Crippen molar-refractivity contribution in [1.82, 2.24) is 4.90 Å². The molecule has 2 aromatic rings. The van der Waals surface area contributed by atoms with E-state index >= 15 is 0 Å². The molecule has 1 aliphatic rings. The number of benzene rings is 2. The van der Waals surface area contributed by atoms with Crippen LogP contribution in [0.2, 0.25) is 0 Å². The van der Waals surface area contributed by atoms with Gasteiger partial charge in [0.2, 0.25) is 0 Å². The molecule has 1 amide bonds. The molecule has 0 unspecified atom stereocenters. The predicted octanol–water partition coefficient (Wildman–Crippen LogP) is 4.42. The molecule has 30 heavy (non-hydrogen) atoms. The first-order chi connectivity index (χ1) is 14.5. The molecule has 0 aliphatic carbocycles. The molecule has 3 rings (SSSR count). The zero-order valence-electron chi connectivity index (χ0n) is 16.9. The highest BCUT2D eigenvalue weighted by Gasteiger charge is 2.32. The molecule has 0 saturated carbocycles. The van der Waals surface area contributed by atoms with E-state index in [-0.39, 0.29) is 11.5 Å². The summed E-state index contributed by atoms with van der Waals surface area (Å²) in [5.74, 6) is -0.0278. The van der Waals surface area contributed by atoms with Crippen LogP contribution >= 0.6 is 11.8 Å². The van der Waals surface area contributed by atoms with E-state index in [0.29, 0.717) is 40.4 Å². The van der Waals surface area contributed by atoms with Gasteiger partial charge in [-0.15, -0.1) is 0 Å². The number of para-hydroxylation sites is 1. The van der Waals surface area contributed by atoms with Crippen molar-refractivity contribution in [2.45, 2.75) is 13.8 Å². The van der Waals surface area contributed by atoms with Crippen molar-refractivity contribution in [3.8, 4) is 11.5 Å². The van der Waals surface area contributed by atoms with Gasteiger partial charge >= 0.3 is 5.97 Å². The molecular formula is C22H22N2O5S. The second-order valence-electron chi connectivity index (χ2n) is 6.22. The molecule has 0 atom stereocenters. The first-order valence-electron chi connectivity index (χ1n) is 9.41. The van der Waals surface area contributed by atoms with Crippen LogP contribution in [0, 0.1) is 0 Å². The number of hydrogen-bond acceptors (Lipinski definition) is 6. The minimum atomic E-state index is -1.07. The van der Waals surface area contributed by atoms with Crippen molar-refractivity contribution in [3.05, 3.63) is 58.5 Å². The summed E-state index contributed by atoms with van der Waals surface area (Å²) in [7, 11) is 1.56. The Morgan fingerprint density at radius 3 is 2.63 bits per heavy atom. The zero-order chi connectivity index (χ0) is 21.7. The van der Waals surface area contributed by atoms with Gasteiger partial charge in [0.15, 0.2) is 16.7 Å². The van der Waals surface area contributed by atoms with Crippen LogP contribution in [0.5, 0.6) is 11.5 Å². The van der Waals surface area contributed by atoms with Gasteiger partial charge in [-0.25, -0.2) is 9.79 Å². The summed E-state index contributed by atoms with van der Waals surface area (Å²) in [5.41, 5.74) is 1.18. The lowest BCUT2D eigenvalue weighted by Crippen LogP contribution is -2.28. The normalized spacial score (nSPS) is 16.4. The van der Waals surface area contributed by atoms with Gasteiger partial charge in [-0.1, -0.05) is 18.2 Å². The van der Waals surface area contributed by atoms with Crippen LogP contribution in [-0.4, -0.2) is 47.3 Å². The van der Waals surface area contributed by atoms with E-state index < -0.39 is 5.97 Å². The highest BCUT2D eigenvalue weighted by Crippen LogP contribution is 2.36. The molecule has 0 radical (unpaired) electrons. The highest BCUT2D eigenvalue weighted by atomic mass is 32.2. The number of rotatable bonds is 7. The Labute approximate surface area is 179 Å². The number of aromatic carboxylic acids is 1. The third-order valence-corrected chi connectivity index (χ3v) is 5.35. The van der Waals surface area contributed by atoms with Crippen molar-refractivity contribution < 1.29 is 24.2 Å². The van der Waals surface area contributed by atoms with E-state index in [1.807, 2.05) is 19.9 Å². The SMILES string of the molecule is CCOc1ccc(/C=C2\SC(=Nc3ccccc3C(=O)O)N(CC)C2=O)cc1OC. The van der Waals surface area contributed by atoms with E-state index in [2.05, 4.69) is 4.99 Å². The van der Waals surface area contributed by atoms with Crippen molar-refractivity contribution in [2.24, 2.45) is 4.99 Å².